The van der Waals surface area contributed by atoms with E-state index in [1.54, 1.807) is 4.90 Å². The van der Waals surface area contributed by atoms with E-state index in [1.807, 2.05) is 24.3 Å². The molecule has 86 valence electrons. The average Bonchev–Trinajstić information content (AvgIpc) is 2.57. The van der Waals surface area contributed by atoms with E-state index in [-0.39, 0.29) is 12.3 Å². The number of hydrogen-bond donors (Lipinski definition) is 1. The van der Waals surface area contributed by atoms with Crippen molar-refractivity contribution in [2.24, 2.45) is 0 Å². The van der Waals surface area contributed by atoms with Gasteiger partial charge >= 0.3 is 0 Å². The summed E-state index contributed by atoms with van der Waals surface area (Å²) in [6.07, 6.45) is -0.278. The van der Waals surface area contributed by atoms with Crippen molar-refractivity contribution >= 4 is 11.6 Å². The molecule has 16 heavy (non-hydrogen) atoms. The maximum atomic E-state index is 11.7. The third kappa shape index (κ3) is 1.95. The molecular weight excluding hydrogens is 202 g/mol. The summed E-state index contributed by atoms with van der Waals surface area (Å²) in [4.78, 5) is 13.4. The third-order valence-corrected chi connectivity index (χ3v) is 2.95. The van der Waals surface area contributed by atoms with Crippen molar-refractivity contribution in [3.05, 3.63) is 29.8 Å². The predicted molar refractivity (Wildman–Crippen MR) is 63.5 cm³/mol. The van der Waals surface area contributed by atoms with Crippen molar-refractivity contribution in [1.82, 2.24) is 0 Å². The Morgan fingerprint density at radius 2 is 2.06 bits per heavy atom. The third-order valence-electron chi connectivity index (χ3n) is 2.95. The van der Waals surface area contributed by atoms with E-state index < -0.39 is 6.10 Å². The molecule has 0 aliphatic carbocycles. The number of nitrogens with zero attached hydrogens (tertiary/aromatic N) is 1. The molecular formula is C13H17NO2. The molecule has 2 rings (SSSR count). The topological polar surface area (TPSA) is 40.5 Å². The summed E-state index contributed by atoms with van der Waals surface area (Å²) in [5, 5.41) is 9.50. The minimum absolute atomic E-state index is 0.0144. The van der Waals surface area contributed by atoms with Crippen LogP contribution in [-0.4, -0.2) is 23.7 Å². The van der Waals surface area contributed by atoms with Gasteiger partial charge in [-0.2, -0.15) is 0 Å². The second-order valence-corrected chi connectivity index (χ2v) is 4.58. The lowest BCUT2D eigenvalue weighted by molar-refractivity contribution is -0.117. The maximum absolute atomic E-state index is 11.7. The number of amides is 1. The van der Waals surface area contributed by atoms with Crippen molar-refractivity contribution in [3.8, 4) is 0 Å². The molecule has 1 unspecified atom stereocenters. The number of aliphatic hydroxyl groups excluding tert-OH is 1. The van der Waals surface area contributed by atoms with Crippen molar-refractivity contribution in [2.75, 3.05) is 11.4 Å². The van der Waals surface area contributed by atoms with Crippen molar-refractivity contribution < 1.29 is 9.90 Å². The fraction of sp³-hybridized carbons (Fsp3) is 0.462. The second-order valence-electron chi connectivity index (χ2n) is 4.58. The highest BCUT2D eigenvalue weighted by Crippen LogP contribution is 2.30. The van der Waals surface area contributed by atoms with Crippen molar-refractivity contribution in [2.45, 2.75) is 32.3 Å². The van der Waals surface area contributed by atoms with Gasteiger partial charge in [0, 0.05) is 5.69 Å². The van der Waals surface area contributed by atoms with Gasteiger partial charge < -0.3 is 10.0 Å². The fourth-order valence-corrected chi connectivity index (χ4v) is 2.14. The van der Waals surface area contributed by atoms with Gasteiger partial charge in [0.2, 0.25) is 5.91 Å². The van der Waals surface area contributed by atoms with Crippen LogP contribution in [-0.2, 0) is 4.79 Å². The maximum Gasteiger partial charge on any atom is 0.229 e. The number of rotatable bonds is 2. The normalized spacial score (nSPS) is 20.9. The first-order valence-corrected chi connectivity index (χ1v) is 5.67. The minimum Gasteiger partial charge on any atom is -0.391 e. The summed E-state index contributed by atoms with van der Waals surface area (Å²) in [6, 6.07) is 7.90. The quantitative estimate of drug-likeness (QED) is 0.825. The summed E-state index contributed by atoms with van der Waals surface area (Å²) in [5.74, 6) is 0.391. The van der Waals surface area contributed by atoms with Crippen LogP contribution >= 0.6 is 0 Å². The van der Waals surface area contributed by atoms with Crippen LogP contribution in [0.2, 0.25) is 0 Å². The highest BCUT2D eigenvalue weighted by molar-refractivity contribution is 5.96. The molecule has 0 saturated carbocycles. The molecule has 1 aromatic rings. The zero-order valence-corrected chi connectivity index (χ0v) is 9.68. The standard InChI is InChI=1S/C13H17NO2/c1-9(2)11-5-3-4-6-12(11)14-8-10(15)7-13(14)16/h3-6,9-10,15H,7-8H2,1-2H3. The molecule has 1 atom stereocenters. The minimum atomic E-state index is -0.521. The molecule has 1 saturated heterocycles. The SMILES string of the molecule is CC(C)c1ccccc1N1CC(O)CC1=O. The molecule has 1 aliphatic heterocycles. The smallest absolute Gasteiger partial charge is 0.229 e. The van der Waals surface area contributed by atoms with E-state index >= 15 is 0 Å². The van der Waals surface area contributed by atoms with Crippen LogP contribution in [0.4, 0.5) is 5.69 Å². The number of hydrogen-bond acceptors (Lipinski definition) is 2. The van der Waals surface area contributed by atoms with Gasteiger partial charge in [0.25, 0.3) is 0 Å². The number of aliphatic hydroxyl groups is 1. The Bertz CT molecular complexity index is 401. The molecule has 3 heteroatoms. The predicted octanol–water partition coefficient (Wildman–Crippen LogP) is 1.91. The molecule has 1 heterocycles. The van der Waals surface area contributed by atoms with E-state index in [1.165, 1.54) is 0 Å². The van der Waals surface area contributed by atoms with E-state index in [2.05, 4.69) is 13.8 Å². The van der Waals surface area contributed by atoms with Gasteiger partial charge in [-0.25, -0.2) is 0 Å². The summed E-state index contributed by atoms with van der Waals surface area (Å²) in [5.41, 5.74) is 2.10. The van der Waals surface area contributed by atoms with Gasteiger partial charge in [0.05, 0.1) is 19.1 Å². The van der Waals surface area contributed by atoms with Crippen LogP contribution in [0.25, 0.3) is 0 Å². The number of β-amino-alcohol motifs (C(OH)–C–C–N with tert-alkyl or cyclic N) is 1. The van der Waals surface area contributed by atoms with Gasteiger partial charge in [-0.3, -0.25) is 4.79 Å². The first-order chi connectivity index (χ1) is 7.59. The Morgan fingerprint density at radius 1 is 1.38 bits per heavy atom. The van der Waals surface area contributed by atoms with Gasteiger partial charge in [-0.1, -0.05) is 32.0 Å². The van der Waals surface area contributed by atoms with Crippen LogP contribution in [0.1, 0.15) is 31.7 Å². The molecule has 0 spiro atoms. The molecule has 1 amide bonds. The van der Waals surface area contributed by atoms with Crippen LogP contribution in [0, 0.1) is 0 Å². The number of carbonyl (C=O) groups is 1. The van der Waals surface area contributed by atoms with Crippen LogP contribution in [0.3, 0.4) is 0 Å². The molecule has 1 aromatic carbocycles. The zero-order chi connectivity index (χ0) is 11.7. The van der Waals surface area contributed by atoms with Gasteiger partial charge in [-0.05, 0) is 17.5 Å². The number of carbonyl (C=O) groups excluding carboxylic acids is 1. The monoisotopic (exact) mass is 219 g/mol. The van der Waals surface area contributed by atoms with Gasteiger partial charge in [0.1, 0.15) is 0 Å². The van der Waals surface area contributed by atoms with E-state index in [0.29, 0.717) is 12.5 Å². The second kappa shape index (κ2) is 4.26. The number of benzene rings is 1. The molecule has 0 bridgehead atoms. The Kier molecular flexibility index (Phi) is 2.97. The molecule has 3 nitrogen and oxygen atoms in total. The molecule has 1 N–H and O–H groups in total. The largest absolute Gasteiger partial charge is 0.391 e. The summed E-state index contributed by atoms with van der Waals surface area (Å²) in [6.45, 7) is 4.63. The molecule has 0 aromatic heterocycles. The molecule has 1 fully saturated rings. The van der Waals surface area contributed by atoms with E-state index in [9.17, 15) is 9.90 Å². The van der Waals surface area contributed by atoms with E-state index in [0.717, 1.165) is 11.3 Å². The number of anilines is 1. The average molecular weight is 219 g/mol. The summed E-state index contributed by atoms with van der Waals surface area (Å²) < 4.78 is 0. The molecule has 1 aliphatic rings. The summed E-state index contributed by atoms with van der Waals surface area (Å²) in [7, 11) is 0. The van der Waals surface area contributed by atoms with Crippen LogP contribution in [0.15, 0.2) is 24.3 Å². The summed E-state index contributed by atoms with van der Waals surface area (Å²) >= 11 is 0. The lowest BCUT2D eigenvalue weighted by Gasteiger charge is -2.21. The first-order valence-electron chi connectivity index (χ1n) is 5.67. The highest BCUT2D eigenvalue weighted by atomic mass is 16.3. The zero-order valence-electron chi connectivity index (χ0n) is 9.68. The Balaban J connectivity index is 2.36. The van der Waals surface area contributed by atoms with Crippen LogP contribution in [0.5, 0.6) is 0 Å². The lowest BCUT2D eigenvalue weighted by Crippen LogP contribution is -2.26. The highest BCUT2D eigenvalue weighted by Gasteiger charge is 2.30. The lowest BCUT2D eigenvalue weighted by atomic mass is 10.0. The van der Waals surface area contributed by atoms with Crippen LogP contribution < -0.4 is 4.90 Å². The first kappa shape index (κ1) is 11.1. The molecule has 0 radical (unpaired) electrons. The van der Waals surface area contributed by atoms with Gasteiger partial charge in [0.15, 0.2) is 0 Å². The Labute approximate surface area is 95.7 Å². The van der Waals surface area contributed by atoms with Crippen molar-refractivity contribution in [1.29, 1.82) is 0 Å². The Morgan fingerprint density at radius 3 is 2.62 bits per heavy atom. The Hall–Kier alpha value is -1.35. The van der Waals surface area contributed by atoms with Gasteiger partial charge in [-0.15, -0.1) is 0 Å². The number of para-hydroxylation sites is 1. The van der Waals surface area contributed by atoms with E-state index in [4.69, 9.17) is 0 Å². The van der Waals surface area contributed by atoms with Crippen molar-refractivity contribution in [3.63, 3.8) is 0 Å². The fourth-order valence-electron chi connectivity index (χ4n) is 2.14.